The van der Waals surface area contributed by atoms with Crippen LogP contribution in [0.25, 0.3) is 0 Å². The zero-order valence-corrected chi connectivity index (χ0v) is 28.0. The minimum atomic E-state index is -1.05. The van der Waals surface area contributed by atoms with Crippen molar-refractivity contribution in [3.63, 3.8) is 0 Å². The Morgan fingerprint density at radius 1 is 0.976 bits per heavy atom. The van der Waals surface area contributed by atoms with Crippen molar-refractivity contribution in [3.05, 3.63) is 17.5 Å². The number of carbonyl (C=O) groups excluding carboxylic acids is 4. The van der Waals surface area contributed by atoms with Crippen LogP contribution in [0.3, 0.4) is 0 Å². The first kappa shape index (κ1) is 42.7. The quantitative estimate of drug-likeness (QED) is 0.303. The molecule has 1 aromatic rings. The third-order valence-corrected chi connectivity index (χ3v) is 4.70. The molecule has 240 valence electrons. The van der Waals surface area contributed by atoms with E-state index >= 15 is 0 Å². The van der Waals surface area contributed by atoms with Gasteiger partial charge in [0.1, 0.15) is 17.4 Å². The van der Waals surface area contributed by atoms with Crippen LogP contribution >= 0.6 is 0 Å². The van der Waals surface area contributed by atoms with Gasteiger partial charge in [-0.1, -0.05) is 81.3 Å². The van der Waals surface area contributed by atoms with Crippen molar-refractivity contribution in [2.24, 2.45) is 11.8 Å². The van der Waals surface area contributed by atoms with Gasteiger partial charge in [0.25, 0.3) is 5.91 Å². The summed E-state index contributed by atoms with van der Waals surface area (Å²) in [5.41, 5.74) is -0.835. The van der Waals surface area contributed by atoms with Crippen LogP contribution in [-0.4, -0.2) is 73.2 Å². The van der Waals surface area contributed by atoms with Gasteiger partial charge in [0, 0.05) is 13.2 Å². The molecule has 0 aliphatic carbocycles. The summed E-state index contributed by atoms with van der Waals surface area (Å²) in [6, 6.07) is -0.323. The molecule has 1 fully saturated rings. The topological polar surface area (TPSA) is 152 Å². The maximum absolute atomic E-state index is 12.6. The number of amides is 3. The summed E-state index contributed by atoms with van der Waals surface area (Å²) in [5.74, 6) is -0.480. The summed E-state index contributed by atoms with van der Waals surface area (Å²) < 4.78 is 15.0. The van der Waals surface area contributed by atoms with Gasteiger partial charge >= 0.3 is 0 Å². The average Bonchev–Trinajstić information content (AvgIpc) is 3.54. The number of rotatable bonds is 12. The summed E-state index contributed by atoms with van der Waals surface area (Å²) in [4.78, 5) is 49.6. The van der Waals surface area contributed by atoms with E-state index in [2.05, 4.69) is 41.9 Å². The van der Waals surface area contributed by atoms with Gasteiger partial charge < -0.3 is 29.9 Å². The van der Waals surface area contributed by atoms with Gasteiger partial charge in [-0.3, -0.25) is 19.2 Å². The molecule has 1 aromatic heterocycles. The van der Waals surface area contributed by atoms with E-state index in [1.165, 1.54) is 13.2 Å². The van der Waals surface area contributed by atoms with Crippen LogP contribution in [0.15, 0.2) is 10.6 Å². The van der Waals surface area contributed by atoms with E-state index < -0.39 is 35.4 Å². The molecule has 2 rings (SSSR count). The number of epoxide rings is 1. The largest absolute Gasteiger partial charge is 0.382 e. The number of nitrogens with zero attached hydrogens (tertiary/aromatic N) is 1. The normalized spacial score (nSPS) is 16.0. The predicted octanol–water partition coefficient (Wildman–Crippen LogP) is 4.47. The maximum atomic E-state index is 12.6. The molecular weight excluding hydrogens is 528 g/mol. The fraction of sp³-hybridized carbons (Fsp3) is 0.767. The summed E-state index contributed by atoms with van der Waals surface area (Å²) in [6.07, 6.45) is 0.455. The highest BCUT2D eigenvalue weighted by molar-refractivity contribution is 5.98. The number of methoxy groups -OCH3 is 1. The highest BCUT2D eigenvalue weighted by Crippen LogP contribution is 2.29. The lowest BCUT2D eigenvalue weighted by Crippen LogP contribution is -2.53. The van der Waals surface area contributed by atoms with E-state index in [0.29, 0.717) is 18.8 Å². The summed E-state index contributed by atoms with van der Waals surface area (Å²) in [5, 5.41) is 11.2. The smallest absolute Gasteiger partial charge is 0.274 e. The molecule has 0 bridgehead atoms. The molecule has 0 aromatic carbocycles. The minimum absolute atomic E-state index is 0.0231. The van der Waals surface area contributed by atoms with E-state index in [9.17, 15) is 19.2 Å². The van der Waals surface area contributed by atoms with Crippen LogP contribution in [0.1, 0.15) is 106 Å². The Balaban J connectivity index is -0.00000128. The van der Waals surface area contributed by atoms with Gasteiger partial charge in [-0.05, 0) is 32.1 Å². The van der Waals surface area contributed by atoms with Crippen molar-refractivity contribution in [1.29, 1.82) is 0 Å². The van der Waals surface area contributed by atoms with E-state index in [4.69, 9.17) is 14.0 Å². The third-order valence-electron chi connectivity index (χ3n) is 4.70. The molecule has 1 unspecified atom stereocenters. The third kappa shape index (κ3) is 19.0. The number of ether oxygens (including phenoxy) is 2. The van der Waals surface area contributed by atoms with Gasteiger partial charge in [-0.25, -0.2) is 0 Å². The van der Waals surface area contributed by atoms with Crippen LogP contribution in [0, 0.1) is 18.8 Å². The second-order valence-corrected chi connectivity index (χ2v) is 9.89. The monoisotopic (exact) mass is 586 g/mol. The van der Waals surface area contributed by atoms with Crippen LogP contribution in [0.5, 0.6) is 0 Å². The first-order valence-electron chi connectivity index (χ1n) is 14.8. The number of Topliss-reactive ketones (excluding diaryl/α,β-unsaturated/α-hetero) is 1. The molecule has 0 spiro atoms. The zero-order valence-electron chi connectivity index (χ0n) is 28.0. The molecule has 1 aliphatic heterocycles. The van der Waals surface area contributed by atoms with Gasteiger partial charge in [0.05, 0.1) is 25.8 Å². The van der Waals surface area contributed by atoms with Crippen LogP contribution in [-0.2, 0) is 23.9 Å². The van der Waals surface area contributed by atoms with Crippen LogP contribution in [0.2, 0.25) is 0 Å². The van der Waals surface area contributed by atoms with Crippen LogP contribution < -0.4 is 16.0 Å². The van der Waals surface area contributed by atoms with Gasteiger partial charge in [0.2, 0.25) is 11.8 Å². The fourth-order valence-corrected chi connectivity index (χ4v) is 2.91. The molecule has 0 saturated carbocycles. The Morgan fingerprint density at radius 2 is 1.49 bits per heavy atom. The van der Waals surface area contributed by atoms with Crippen molar-refractivity contribution in [2.75, 3.05) is 26.9 Å². The second-order valence-electron chi connectivity index (χ2n) is 9.89. The average molecular weight is 587 g/mol. The Bertz CT molecular complexity index is 862. The van der Waals surface area contributed by atoms with Crippen molar-refractivity contribution in [2.45, 2.75) is 114 Å². The first-order chi connectivity index (χ1) is 19.3. The molecule has 3 atom stereocenters. The highest BCUT2D eigenvalue weighted by atomic mass is 16.6. The van der Waals surface area contributed by atoms with Crippen molar-refractivity contribution in [1.82, 2.24) is 21.1 Å². The highest BCUT2D eigenvalue weighted by Gasteiger charge is 2.50. The van der Waals surface area contributed by atoms with E-state index in [1.54, 1.807) is 13.8 Å². The van der Waals surface area contributed by atoms with Gasteiger partial charge in [-0.15, -0.1) is 0 Å². The van der Waals surface area contributed by atoms with E-state index in [1.807, 2.05) is 55.4 Å². The van der Waals surface area contributed by atoms with Crippen LogP contribution in [0.4, 0.5) is 0 Å². The Morgan fingerprint density at radius 3 is 1.88 bits per heavy atom. The number of aromatic nitrogens is 1. The Hall–Kier alpha value is -2.79. The molecule has 11 nitrogen and oxygen atoms in total. The lowest BCUT2D eigenvalue weighted by molar-refractivity contribution is -0.131. The second kappa shape index (κ2) is 23.9. The molecule has 41 heavy (non-hydrogen) atoms. The Kier molecular flexibility index (Phi) is 24.8. The molecule has 1 aliphatic rings. The number of hydrogen-bond acceptors (Lipinski definition) is 8. The molecule has 2 heterocycles. The summed E-state index contributed by atoms with van der Waals surface area (Å²) in [6.45, 7) is 25.6. The van der Waals surface area contributed by atoms with Gasteiger partial charge in [0.15, 0.2) is 11.5 Å². The van der Waals surface area contributed by atoms with Gasteiger partial charge in [-0.2, -0.15) is 0 Å². The summed E-state index contributed by atoms with van der Waals surface area (Å²) >= 11 is 0. The SMILES string of the molecule is CC.CC.CC.CC(C)C.COCC(NC(=O)c1cc(C)on1)C(=O)NCC(=O)N[C@@H](CC(C)C)C(=O)[C@@]1(C)CO1. The minimum Gasteiger partial charge on any atom is -0.382 e. The summed E-state index contributed by atoms with van der Waals surface area (Å²) in [7, 11) is 1.38. The zero-order chi connectivity index (χ0) is 32.8. The molecule has 1 saturated heterocycles. The molecule has 11 heteroatoms. The number of ketones is 1. The predicted molar refractivity (Wildman–Crippen MR) is 163 cm³/mol. The van der Waals surface area contributed by atoms with Crippen molar-refractivity contribution in [3.8, 4) is 0 Å². The number of aryl methyl sites for hydroxylation is 1. The molecule has 3 amide bonds. The number of nitrogens with one attached hydrogen (secondary N) is 3. The fourth-order valence-electron chi connectivity index (χ4n) is 2.91. The first-order valence-corrected chi connectivity index (χ1v) is 14.8. The standard InChI is InChI=1S/C20H30N4O7.C4H10.3C2H6/c1-11(2)6-13(17(26)20(4)10-30-20)22-16(25)8-21-18(27)15(9-29-5)23-19(28)14-7-12(3)31-24-14;1-4(2)3;3*1-2/h7,11,13,15H,6,8-10H2,1-5H3,(H,21,27)(H,22,25)(H,23,28);4H,1-3H3;3*1-2H3/t13-,15?,20+;;;;/m0..../s1. The molecule has 0 radical (unpaired) electrons. The Labute approximate surface area is 248 Å². The lowest BCUT2D eigenvalue weighted by Gasteiger charge is -2.22. The number of carbonyl (C=O) groups is 4. The van der Waals surface area contributed by atoms with E-state index in [0.717, 1.165) is 5.92 Å². The maximum Gasteiger partial charge on any atom is 0.274 e. The van der Waals surface area contributed by atoms with Crippen molar-refractivity contribution < 1.29 is 33.2 Å². The molecular formula is C30H58N4O7. The van der Waals surface area contributed by atoms with E-state index in [-0.39, 0.29) is 30.5 Å². The molecule has 3 N–H and O–H groups in total. The number of hydrogen-bond donors (Lipinski definition) is 3. The lowest BCUT2D eigenvalue weighted by atomic mass is 9.93. The van der Waals surface area contributed by atoms with Crippen molar-refractivity contribution >= 4 is 23.5 Å².